The van der Waals surface area contributed by atoms with E-state index in [2.05, 4.69) is 25.9 Å². The zero-order chi connectivity index (χ0) is 30.4. The standard InChI is InChI=1S/C27H31F3N6O5S/c1-16-4-5-18(22(12-16)36(2)42(38)39)14-31-24-20(27(28,29)30)15-32-26(35-24)34-21-7-6-17(13-23(21)40-3)25(37)33-19-8-10-41-11-9-19/h4-7,12-13,15,19H,8-11,14H2,1-3H3,(H,33,37)(H,38,39)(H2,31,32,34,35)/p-1. The molecule has 0 saturated carbocycles. The molecule has 1 aliphatic heterocycles. The van der Waals surface area contributed by atoms with E-state index in [0.29, 0.717) is 54.8 Å². The van der Waals surface area contributed by atoms with E-state index in [1.165, 1.54) is 20.2 Å². The monoisotopic (exact) mass is 607 g/mol. The van der Waals surface area contributed by atoms with Crippen molar-refractivity contribution in [2.75, 3.05) is 42.3 Å². The van der Waals surface area contributed by atoms with Gasteiger partial charge in [0.25, 0.3) is 5.91 Å². The Morgan fingerprint density at radius 2 is 1.95 bits per heavy atom. The predicted octanol–water partition coefficient (Wildman–Crippen LogP) is 4.31. The van der Waals surface area contributed by atoms with Gasteiger partial charge in [-0.15, -0.1) is 0 Å². The number of hydrogen-bond acceptors (Lipinski definition) is 9. The van der Waals surface area contributed by atoms with Gasteiger partial charge in [-0.2, -0.15) is 18.2 Å². The first-order valence-electron chi connectivity index (χ1n) is 12.9. The number of aromatic nitrogens is 2. The number of aryl methyl sites for hydroxylation is 1. The lowest BCUT2D eigenvalue weighted by molar-refractivity contribution is -0.137. The first-order chi connectivity index (χ1) is 20.0. The molecule has 1 saturated heterocycles. The summed E-state index contributed by atoms with van der Waals surface area (Å²) in [6.07, 6.45) is -2.69. The van der Waals surface area contributed by atoms with Gasteiger partial charge in [0.15, 0.2) is 0 Å². The maximum Gasteiger partial charge on any atom is 0.421 e. The Morgan fingerprint density at radius 3 is 2.62 bits per heavy atom. The lowest BCUT2D eigenvalue weighted by Crippen LogP contribution is -2.38. The van der Waals surface area contributed by atoms with Crippen LogP contribution in [-0.4, -0.2) is 58.0 Å². The molecule has 1 unspecified atom stereocenters. The molecule has 226 valence electrons. The quantitative estimate of drug-likeness (QED) is 0.288. The molecule has 1 aromatic heterocycles. The number of anilines is 4. The largest absolute Gasteiger partial charge is 0.755 e. The zero-order valence-corrected chi connectivity index (χ0v) is 23.9. The van der Waals surface area contributed by atoms with Crippen LogP contribution in [0, 0.1) is 6.92 Å². The molecular formula is C27H30F3N6O5S-. The van der Waals surface area contributed by atoms with Gasteiger partial charge in [0, 0.05) is 55.9 Å². The highest BCUT2D eigenvalue weighted by molar-refractivity contribution is 7.80. The summed E-state index contributed by atoms with van der Waals surface area (Å²) in [6, 6.07) is 9.57. The van der Waals surface area contributed by atoms with Crippen LogP contribution in [-0.2, 0) is 28.7 Å². The van der Waals surface area contributed by atoms with Crippen molar-refractivity contribution in [3.8, 4) is 5.75 Å². The zero-order valence-electron chi connectivity index (χ0n) is 23.1. The fraction of sp³-hybridized carbons (Fsp3) is 0.370. The van der Waals surface area contributed by atoms with Crippen LogP contribution >= 0.6 is 0 Å². The summed E-state index contributed by atoms with van der Waals surface area (Å²) in [7, 11) is 2.73. The second kappa shape index (κ2) is 13.4. The third-order valence-electron chi connectivity index (χ3n) is 6.61. The summed E-state index contributed by atoms with van der Waals surface area (Å²) in [5.74, 6) is -0.703. The van der Waals surface area contributed by atoms with E-state index in [4.69, 9.17) is 9.47 Å². The molecule has 1 atom stereocenters. The maximum absolute atomic E-state index is 13.8. The number of rotatable bonds is 10. The number of alkyl halides is 3. The third-order valence-corrected chi connectivity index (χ3v) is 7.25. The van der Waals surface area contributed by atoms with Gasteiger partial charge < -0.3 is 34.3 Å². The fourth-order valence-electron chi connectivity index (χ4n) is 4.33. The minimum absolute atomic E-state index is 0.000331. The van der Waals surface area contributed by atoms with Crippen molar-refractivity contribution in [2.45, 2.75) is 38.5 Å². The van der Waals surface area contributed by atoms with Crippen LogP contribution in [0.2, 0.25) is 0 Å². The molecule has 0 aliphatic carbocycles. The number of methoxy groups -OCH3 is 1. The molecule has 15 heteroatoms. The Balaban J connectivity index is 1.56. The number of carbonyl (C=O) groups excluding carboxylic acids is 1. The molecule has 2 heterocycles. The summed E-state index contributed by atoms with van der Waals surface area (Å²) in [5, 5.41) is 8.48. The van der Waals surface area contributed by atoms with Crippen LogP contribution in [0.3, 0.4) is 0 Å². The van der Waals surface area contributed by atoms with Gasteiger partial charge in [-0.1, -0.05) is 12.1 Å². The van der Waals surface area contributed by atoms with E-state index < -0.39 is 28.8 Å². The van der Waals surface area contributed by atoms with E-state index in [1.54, 1.807) is 37.3 Å². The first kappa shape index (κ1) is 31.0. The second-order valence-electron chi connectivity index (χ2n) is 9.55. The van der Waals surface area contributed by atoms with Crippen molar-refractivity contribution in [2.24, 2.45) is 0 Å². The fourth-order valence-corrected chi connectivity index (χ4v) is 4.66. The molecule has 3 aromatic rings. The van der Waals surface area contributed by atoms with Gasteiger partial charge in [-0.05, 0) is 55.2 Å². The molecule has 11 nitrogen and oxygen atoms in total. The Morgan fingerprint density at radius 1 is 1.21 bits per heavy atom. The van der Waals surface area contributed by atoms with Crippen LogP contribution in [0.4, 0.5) is 36.3 Å². The molecule has 4 rings (SSSR count). The molecule has 3 N–H and O–H groups in total. The molecule has 0 spiro atoms. The number of amides is 1. The van der Waals surface area contributed by atoms with E-state index >= 15 is 0 Å². The Hall–Kier alpha value is -3.95. The first-order valence-corrected chi connectivity index (χ1v) is 13.9. The van der Waals surface area contributed by atoms with Crippen molar-refractivity contribution in [1.29, 1.82) is 0 Å². The lowest BCUT2D eigenvalue weighted by Gasteiger charge is -2.25. The highest BCUT2D eigenvalue weighted by Crippen LogP contribution is 2.35. The topological polar surface area (TPSA) is 141 Å². The highest BCUT2D eigenvalue weighted by Gasteiger charge is 2.35. The minimum Gasteiger partial charge on any atom is -0.755 e. The molecule has 1 amide bonds. The normalized spacial score (nSPS) is 14.6. The van der Waals surface area contributed by atoms with Crippen LogP contribution in [0.25, 0.3) is 0 Å². The van der Waals surface area contributed by atoms with Gasteiger partial charge in [-0.3, -0.25) is 9.00 Å². The molecule has 1 fully saturated rings. The average Bonchev–Trinajstić information content (AvgIpc) is 2.96. The van der Waals surface area contributed by atoms with Crippen molar-refractivity contribution in [3.63, 3.8) is 0 Å². The molecule has 0 bridgehead atoms. The van der Waals surface area contributed by atoms with Gasteiger partial charge in [-0.25, -0.2) is 4.98 Å². The Labute approximate surface area is 243 Å². The van der Waals surface area contributed by atoms with Crippen molar-refractivity contribution in [3.05, 3.63) is 64.8 Å². The van der Waals surface area contributed by atoms with Crippen LogP contribution in [0.5, 0.6) is 5.75 Å². The summed E-state index contributed by atoms with van der Waals surface area (Å²) in [6.45, 7) is 2.76. The number of carbonyl (C=O) groups is 1. The van der Waals surface area contributed by atoms with Crippen LogP contribution in [0.15, 0.2) is 42.6 Å². The van der Waals surface area contributed by atoms with E-state index in [-0.39, 0.29) is 30.2 Å². The summed E-state index contributed by atoms with van der Waals surface area (Å²) in [5.41, 5.74) is 1.09. The number of ether oxygens (including phenoxy) is 2. The number of halogens is 3. The SMILES string of the molecule is COc1cc(C(=O)NC2CCOCC2)ccc1Nc1ncc(C(F)(F)F)c(NCc2ccc(C)cc2N(C)S(=O)[O-])n1. The molecular weight excluding hydrogens is 577 g/mol. The number of nitrogens with one attached hydrogen (secondary N) is 3. The van der Waals surface area contributed by atoms with Crippen LogP contribution < -0.4 is 25.0 Å². The molecule has 1 aliphatic rings. The third kappa shape index (κ3) is 7.66. The summed E-state index contributed by atoms with van der Waals surface area (Å²) < 4.78 is 76.2. The van der Waals surface area contributed by atoms with Crippen LogP contribution in [0.1, 0.15) is 39.9 Å². The number of hydrogen-bond donors (Lipinski definition) is 3. The smallest absolute Gasteiger partial charge is 0.421 e. The van der Waals surface area contributed by atoms with Crippen molar-refractivity contribution in [1.82, 2.24) is 15.3 Å². The number of benzene rings is 2. The van der Waals surface area contributed by atoms with Gasteiger partial charge >= 0.3 is 6.18 Å². The average molecular weight is 608 g/mol. The van der Waals surface area contributed by atoms with E-state index in [0.717, 1.165) is 9.87 Å². The Bertz CT molecular complexity index is 1450. The summed E-state index contributed by atoms with van der Waals surface area (Å²) in [4.78, 5) is 20.6. The summed E-state index contributed by atoms with van der Waals surface area (Å²) >= 11 is -2.59. The van der Waals surface area contributed by atoms with Crippen molar-refractivity contribution < 1.29 is 36.2 Å². The lowest BCUT2D eigenvalue weighted by atomic mass is 10.1. The number of nitrogens with zero attached hydrogens (tertiary/aromatic N) is 3. The molecule has 0 radical (unpaired) electrons. The van der Waals surface area contributed by atoms with Gasteiger partial charge in [0.2, 0.25) is 5.95 Å². The Kier molecular flexibility index (Phi) is 9.85. The maximum atomic E-state index is 13.8. The predicted molar refractivity (Wildman–Crippen MR) is 150 cm³/mol. The van der Waals surface area contributed by atoms with Crippen molar-refractivity contribution >= 4 is 40.3 Å². The molecule has 42 heavy (non-hydrogen) atoms. The molecule has 2 aromatic carbocycles. The van der Waals surface area contributed by atoms with Gasteiger partial charge in [0.1, 0.15) is 17.1 Å². The second-order valence-corrected chi connectivity index (χ2v) is 10.5. The van der Waals surface area contributed by atoms with E-state index in [9.17, 15) is 26.7 Å². The highest BCUT2D eigenvalue weighted by atomic mass is 32.2. The van der Waals surface area contributed by atoms with Gasteiger partial charge in [0.05, 0.1) is 18.5 Å². The minimum atomic E-state index is -4.76. The van der Waals surface area contributed by atoms with E-state index in [1.807, 2.05) is 0 Å².